The fourth-order valence-electron chi connectivity index (χ4n) is 2.86. The number of benzene rings is 1. The molecule has 2 heterocycles. The van der Waals surface area contributed by atoms with E-state index in [0.717, 1.165) is 37.1 Å². The fourth-order valence-corrected chi connectivity index (χ4v) is 2.86. The Bertz CT molecular complexity index is 685. The van der Waals surface area contributed by atoms with Crippen molar-refractivity contribution in [2.45, 2.75) is 39.5 Å². The lowest BCUT2D eigenvalue weighted by molar-refractivity contribution is 0.0706. The molecule has 0 N–H and O–H groups in total. The van der Waals surface area contributed by atoms with Crippen LogP contribution in [0.25, 0.3) is 0 Å². The summed E-state index contributed by atoms with van der Waals surface area (Å²) in [5.74, 6) is 1.69. The van der Waals surface area contributed by atoms with Crippen molar-refractivity contribution in [1.82, 2.24) is 15.1 Å². The molecule has 0 radical (unpaired) electrons. The van der Waals surface area contributed by atoms with Gasteiger partial charge < -0.3 is 9.32 Å². The van der Waals surface area contributed by atoms with E-state index in [9.17, 15) is 4.79 Å². The first kappa shape index (κ1) is 14.8. The molecule has 2 aromatic rings. The molecule has 1 aliphatic heterocycles. The number of amides is 1. The van der Waals surface area contributed by atoms with Crippen LogP contribution >= 0.6 is 0 Å². The van der Waals surface area contributed by atoms with Crippen LogP contribution < -0.4 is 0 Å². The number of hydrogen-bond acceptors (Lipinski definition) is 4. The number of carbonyl (C=O) groups excluding carboxylic acids is 1. The molecule has 116 valence electrons. The van der Waals surface area contributed by atoms with E-state index in [0.29, 0.717) is 11.8 Å². The topological polar surface area (TPSA) is 59.2 Å². The lowest BCUT2D eigenvalue weighted by atomic mass is 9.96. The Morgan fingerprint density at radius 2 is 1.86 bits per heavy atom. The van der Waals surface area contributed by atoms with Crippen LogP contribution in [0, 0.1) is 20.8 Å². The number of carbonyl (C=O) groups is 1. The highest BCUT2D eigenvalue weighted by Crippen LogP contribution is 2.27. The number of aromatic nitrogens is 2. The van der Waals surface area contributed by atoms with Gasteiger partial charge in [-0.25, -0.2) is 0 Å². The number of aryl methyl sites for hydroxylation is 3. The predicted molar refractivity (Wildman–Crippen MR) is 82.8 cm³/mol. The Hall–Kier alpha value is -2.17. The van der Waals surface area contributed by atoms with Crippen molar-refractivity contribution in [2.75, 3.05) is 13.1 Å². The second kappa shape index (κ2) is 5.91. The molecule has 5 heteroatoms. The molecule has 0 bridgehead atoms. The first-order valence-corrected chi connectivity index (χ1v) is 7.71. The van der Waals surface area contributed by atoms with Crippen LogP contribution in [0.2, 0.25) is 0 Å². The molecular weight excluding hydrogens is 278 g/mol. The van der Waals surface area contributed by atoms with Gasteiger partial charge in [-0.1, -0.05) is 6.07 Å². The van der Waals surface area contributed by atoms with Gasteiger partial charge in [-0.05, 0) is 49.9 Å². The van der Waals surface area contributed by atoms with Crippen molar-refractivity contribution >= 4 is 5.91 Å². The molecule has 1 aliphatic rings. The van der Waals surface area contributed by atoms with Gasteiger partial charge in [-0.15, -0.1) is 10.2 Å². The Labute approximate surface area is 130 Å². The zero-order valence-corrected chi connectivity index (χ0v) is 13.3. The summed E-state index contributed by atoms with van der Waals surface area (Å²) in [4.78, 5) is 14.5. The van der Waals surface area contributed by atoms with Crippen LogP contribution in [0.3, 0.4) is 0 Å². The standard InChI is InChI=1S/C17H21N3O2/c1-11-4-5-15(10-12(11)2)17(21)20-8-6-14(7-9-20)16-19-18-13(3)22-16/h4-5,10,14H,6-9H2,1-3H3. The van der Waals surface area contributed by atoms with E-state index < -0.39 is 0 Å². The number of likely N-dealkylation sites (tertiary alicyclic amines) is 1. The zero-order valence-electron chi connectivity index (χ0n) is 13.3. The first-order chi connectivity index (χ1) is 10.5. The van der Waals surface area contributed by atoms with Crippen molar-refractivity contribution in [1.29, 1.82) is 0 Å². The quantitative estimate of drug-likeness (QED) is 0.855. The molecule has 1 amide bonds. The van der Waals surface area contributed by atoms with E-state index >= 15 is 0 Å². The van der Waals surface area contributed by atoms with Crippen molar-refractivity contribution in [3.05, 3.63) is 46.7 Å². The highest BCUT2D eigenvalue weighted by atomic mass is 16.4. The molecule has 5 nitrogen and oxygen atoms in total. The number of rotatable bonds is 2. The van der Waals surface area contributed by atoms with Crippen molar-refractivity contribution < 1.29 is 9.21 Å². The SMILES string of the molecule is Cc1nnc(C2CCN(C(=O)c3ccc(C)c(C)c3)CC2)o1. The Balaban J connectivity index is 1.65. The summed E-state index contributed by atoms with van der Waals surface area (Å²) in [5, 5.41) is 7.98. The molecule has 3 rings (SSSR count). The van der Waals surface area contributed by atoms with Gasteiger partial charge in [0.25, 0.3) is 5.91 Å². The summed E-state index contributed by atoms with van der Waals surface area (Å²) in [6.45, 7) is 7.36. The maximum atomic E-state index is 12.6. The van der Waals surface area contributed by atoms with Gasteiger partial charge in [0.1, 0.15) is 0 Å². The molecule has 0 unspecified atom stereocenters. The molecule has 1 saturated heterocycles. The summed E-state index contributed by atoms with van der Waals surface area (Å²) in [6.07, 6.45) is 1.75. The van der Waals surface area contributed by atoms with E-state index in [1.807, 2.05) is 30.0 Å². The molecular formula is C17H21N3O2. The number of piperidine rings is 1. The van der Waals surface area contributed by atoms with Crippen LogP contribution in [-0.2, 0) is 0 Å². The molecule has 0 spiro atoms. The minimum Gasteiger partial charge on any atom is -0.425 e. The fraction of sp³-hybridized carbons (Fsp3) is 0.471. The Morgan fingerprint density at radius 3 is 2.45 bits per heavy atom. The summed E-state index contributed by atoms with van der Waals surface area (Å²) >= 11 is 0. The van der Waals surface area contributed by atoms with Crippen LogP contribution in [0.1, 0.15) is 52.0 Å². The van der Waals surface area contributed by atoms with E-state index in [4.69, 9.17) is 4.42 Å². The third-order valence-electron chi connectivity index (χ3n) is 4.43. The highest BCUT2D eigenvalue weighted by Gasteiger charge is 2.27. The van der Waals surface area contributed by atoms with E-state index in [2.05, 4.69) is 17.1 Å². The lowest BCUT2D eigenvalue weighted by Crippen LogP contribution is -2.38. The summed E-state index contributed by atoms with van der Waals surface area (Å²) in [6, 6.07) is 5.90. The van der Waals surface area contributed by atoms with Crippen molar-refractivity contribution in [3.63, 3.8) is 0 Å². The summed E-state index contributed by atoms with van der Waals surface area (Å²) in [5.41, 5.74) is 3.14. The van der Waals surface area contributed by atoms with E-state index in [1.165, 1.54) is 5.56 Å². The van der Waals surface area contributed by atoms with Gasteiger partial charge in [0.2, 0.25) is 11.8 Å². The molecule has 0 aliphatic carbocycles. The normalized spacial score (nSPS) is 16.0. The highest BCUT2D eigenvalue weighted by molar-refractivity contribution is 5.94. The van der Waals surface area contributed by atoms with Crippen LogP contribution in [-0.4, -0.2) is 34.1 Å². The summed E-state index contributed by atoms with van der Waals surface area (Å²) in [7, 11) is 0. The maximum absolute atomic E-state index is 12.6. The molecule has 0 saturated carbocycles. The lowest BCUT2D eigenvalue weighted by Gasteiger charge is -2.30. The number of nitrogens with zero attached hydrogens (tertiary/aromatic N) is 3. The minimum absolute atomic E-state index is 0.114. The number of hydrogen-bond donors (Lipinski definition) is 0. The third-order valence-corrected chi connectivity index (χ3v) is 4.43. The maximum Gasteiger partial charge on any atom is 0.253 e. The van der Waals surface area contributed by atoms with Gasteiger partial charge in [-0.3, -0.25) is 4.79 Å². The van der Waals surface area contributed by atoms with Crippen LogP contribution in [0.5, 0.6) is 0 Å². The van der Waals surface area contributed by atoms with Crippen molar-refractivity contribution in [3.8, 4) is 0 Å². The van der Waals surface area contributed by atoms with E-state index in [-0.39, 0.29) is 11.8 Å². The molecule has 22 heavy (non-hydrogen) atoms. The third kappa shape index (κ3) is 2.89. The molecule has 0 atom stereocenters. The van der Waals surface area contributed by atoms with Gasteiger partial charge in [0, 0.05) is 31.5 Å². The Kier molecular flexibility index (Phi) is 3.96. The Morgan fingerprint density at radius 1 is 1.14 bits per heavy atom. The van der Waals surface area contributed by atoms with Crippen LogP contribution in [0.4, 0.5) is 0 Å². The monoisotopic (exact) mass is 299 g/mol. The summed E-state index contributed by atoms with van der Waals surface area (Å²) < 4.78 is 5.51. The van der Waals surface area contributed by atoms with Gasteiger partial charge >= 0.3 is 0 Å². The second-order valence-corrected chi connectivity index (χ2v) is 6.02. The average molecular weight is 299 g/mol. The zero-order chi connectivity index (χ0) is 15.7. The largest absolute Gasteiger partial charge is 0.425 e. The van der Waals surface area contributed by atoms with E-state index in [1.54, 1.807) is 6.92 Å². The van der Waals surface area contributed by atoms with Crippen LogP contribution in [0.15, 0.2) is 22.6 Å². The second-order valence-electron chi connectivity index (χ2n) is 6.02. The average Bonchev–Trinajstić information content (AvgIpc) is 2.96. The molecule has 1 aromatic heterocycles. The smallest absolute Gasteiger partial charge is 0.253 e. The molecule has 1 aromatic carbocycles. The first-order valence-electron chi connectivity index (χ1n) is 7.71. The van der Waals surface area contributed by atoms with Gasteiger partial charge in [-0.2, -0.15) is 0 Å². The van der Waals surface area contributed by atoms with Crippen molar-refractivity contribution in [2.24, 2.45) is 0 Å². The van der Waals surface area contributed by atoms with Gasteiger partial charge in [0.05, 0.1) is 0 Å². The minimum atomic E-state index is 0.114. The van der Waals surface area contributed by atoms with Gasteiger partial charge in [0.15, 0.2) is 0 Å². The predicted octanol–water partition coefficient (Wildman–Crippen LogP) is 3.01. The molecule has 1 fully saturated rings.